The van der Waals surface area contributed by atoms with Crippen LogP contribution in [0.2, 0.25) is 5.02 Å². The summed E-state index contributed by atoms with van der Waals surface area (Å²) in [5.74, 6) is 1.02. The third kappa shape index (κ3) is 4.77. The molecule has 0 spiro atoms. The van der Waals surface area contributed by atoms with Gasteiger partial charge in [-0.1, -0.05) is 78.0 Å². The molecule has 7 heteroatoms. The largest absolute Gasteiger partial charge is 0.493 e. The molecule has 0 saturated carbocycles. The molecule has 3 aromatic carbocycles. The van der Waals surface area contributed by atoms with Crippen molar-refractivity contribution in [2.75, 3.05) is 12.0 Å². The van der Waals surface area contributed by atoms with Crippen LogP contribution in [0.3, 0.4) is 0 Å². The van der Waals surface area contributed by atoms with Crippen molar-refractivity contribution in [2.24, 2.45) is 0 Å². The molecule has 1 fully saturated rings. The highest BCUT2D eigenvalue weighted by Gasteiger charge is 2.33. The minimum atomic E-state index is -0.140. The summed E-state index contributed by atoms with van der Waals surface area (Å²) in [6.07, 6.45) is 1.81. The average molecular weight is 468 g/mol. The Kier molecular flexibility index (Phi) is 6.61. The van der Waals surface area contributed by atoms with E-state index in [1.807, 2.05) is 78.9 Å². The number of hydrogen-bond acceptors (Lipinski definition) is 5. The Balaban J connectivity index is 1.54. The summed E-state index contributed by atoms with van der Waals surface area (Å²) in [5.41, 5.74) is 2.46. The van der Waals surface area contributed by atoms with Gasteiger partial charge in [-0.25, -0.2) is 0 Å². The number of amides is 1. The number of ether oxygens (including phenoxy) is 2. The fourth-order valence-corrected chi connectivity index (χ4v) is 4.57. The zero-order valence-electron chi connectivity index (χ0n) is 16.6. The lowest BCUT2D eigenvalue weighted by molar-refractivity contribution is -0.113. The van der Waals surface area contributed by atoms with Crippen LogP contribution in [-0.2, 0) is 11.4 Å². The fraction of sp³-hybridized carbons (Fsp3) is 0.0833. The van der Waals surface area contributed by atoms with Crippen molar-refractivity contribution in [3.63, 3.8) is 0 Å². The van der Waals surface area contributed by atoms with Crippen LogP contribution in [0.15, 0.2) is 77.7 Å². The first-order valence-corrected chi connectivity index (χ1v) is 11.0. The summed E-state index contributed by atoms with van der Waals surface area (Å²) in [6, 6.07) is 22.4. The molecule has 3 aromatic rings. The average Bonchev–Trinajstić information content (AvgIpc) is 3.07. The third-order valence-electron chi connectivity index (χ3n) is 4.63. The molecule has 0 unspecified atom stereocenters. The van der Waals surface area contributed by atoms with Gasteiger partial charge in [0, 0.05) is 10.6 Å². The molecule has 0 N–H and O–H groups in total. The van der Waals surface area contributed by atoms with E-state index in [1.165, 1.54) is 11.8 Å². The molecule has 1 amide bonds. The number of carbonyl (C=O) groups excluding carboxylic acids is 1. The summed E-state index contributed by atoms with van der Waals surface area (Å²) in [7, 11) is 1.58. The molecule has 31 heavy (non-hydrogen) atoms. The lowest BCUT2D eigenvalue weighted by Gasteiger charge is -2.14. The number of anilines is 1. The number of halogens is 1. The second kappa shape index (κ2) is 9.56. The number of methoxy groups -OCH3 is 1. The van der Waals surface area contributed by atoms with Crippen LogP contribution in [0.25, 0.3) is 6.08 Å². The van der Waals surface area contributed by atoms with Gasteiger partial charge < -0.3 is 9.47 Å². The second-order valence-electron chi connectivity index (χ2n) is 6.64. The molecule has 0 radical (unpaired) electrons. The van der Waals surface area contributed by atoms with Crippen molar-refractivity contribution in [2.45, 2.75) is 6.61 Å². The molecule has 4 rings (SSSR count). The molecule has 0 bridgehead atoms. The number of rotatable bonds is 6. The molecule has 0 atom stereocenters. The predicted molar refractivity (Wildman–Crippen MR) is 131 cm³/mol. The summed E-state index contributed by atoms with van der Waals surface area (Å²) < 4.78 is 11.9. The van der Waals surface area contributed by atoms with Gasteiger partial charge in [0.1, 0.15) is 6.61 Å². The van der Waals surface area contributed by atoms with Crippen LogP contribution in [0.1, 0.15) is 11.1 Å². The van der Waals surface area contributed by atoms with Crippen molar-refractivity contribution in [3.8, 4) is 11.5 Å². The second-order valence-corrected chi connectivity index (χ2v) is 8.73. The van der Waals surface area contributed by atoms with E-state index in [4.69, 9.17) is 33.3 Å². The first-order chi connectivity index (χ1) is 15.1. The number of para-hydroxylation sites is 1. The molecule has 0 aromatic heterocycles. The third-order valence-corrected chi connectivity index (χ3v) is 6.31. The summed E-state index contributed by atoms with van der Waals surface area (Å²) in [4.78, 5) is 15.0. The maximum atomic E-state index is 12.9. The molecule has 1 heterocycles. The van der Waals surface area contributed by atoms with Crippen LogP contribution in [-0.4, -0.2) is 17.3 Å². The standard InChI is InChI=1S/C24H18ClNO3S2/c1-28-21-13-16(11-12-20(21)29-15-17-7-5-6-10-19(17)25)14-22-23(27)26(24(30)31-22)18-8-3-2-4-9-18/h2-14H,15H2,1H3. The normalized spacial score (nSPS) is 14.9. The van der Waals surface area contributed by atoms with Crippen molar-refractivity contribution in [1.29, 1.82) is 0 Å². The van der Waals surface area contributed by atoms with E-state index < -0.39 is 0 Å². The van der Waals surface area contributed by atoms with Crippen molar-refractivity contribution < 1.29 is 14.3 Å². The number of thiocarbonyl (C=S) groups is 1. The van der Waals surface area contributed by atoms with Gasteiger partial charge in [-0.05, 0) is 42.0 Å². The van der Waals surface area contributed by atoms with E-state index in [0.717, 1.165) is 16.8 Å². The molecule has 1 saturated heterocycles. The highest BCUT2D eigenvalue weighted by Crippen LogP contribution is 2.37. The zero-order valence-corrected chi connectivity index (χ0v) is 19.0. The van der Waals surface area contributed by atoms with Crippen LogP contribution in [0, 0.1) is 0 Å². The molecule has 1 aliphatic rings. The summed E-state index contributed by atoms with van der Waals surface area (Å²) in [5, 5.41) is 0.651. The van der Waals surface area contributed by atoms with Crippen LogP contribution >= 0.6 is 35.6 Å². The number of thioether (sulfide) groups is 1. The van der Waals surface area contributed by atoms with Crippen molar-refractivity contribution in [1.82, 2.24) is 0 Å². The summed E-state index contributed by atoms with van der Waals surface area (Å²) >= 11 is 12.9. The Labute approximate surface area is 195 Å². The highest BCUT2D eigenvalue weighted by molar-refractivity contribution is 8.27. The first-order valence-electron chi connectivity index (χ1n) is 9.44. The molecule has 4 nitrogen and oxygen atoms in total. The zero-order chi connectivity index (χ0) is 21.8. The predicted octanol–water partition coefficient (Wildman–Crippen LogP) is 6.33. The summed E-state index contributed by atoms with van der Waals surface area (Å²) in [6.45, 7) is 0.325. The van der Waals surface area contributed by atoms with Gasteiger partial charge in [0.25, 0.3) is 5.91 Å². The number of carbonyl (C=O) groups is 1. The molecular weight excluding hydrogens is 450 g/mol. The topological polar surface area (TPSA) is 38.8 Å². The smallest absolute Gasteiger partial charge is 0.270 e. The number of benzene rings is 3. The van der Waals surface area contributed by atoms with Crippen LogP contribution in [0.5, 0.6) is 11.5 Å². The van der Waals surface area contributed by atoms with Crippen molar-refractivity contribution in [3.05, 3.63) is 93.9 Å². The minimum absolute atomic E-state index is 0.140. The fourth-order valence-electron chi connectivity index (χ4n) is 3.08. The van der Waals surface area contributed by atoms with Gasteiger partial charge in [0.05, 0.1) is 17.7 Å². The number of nitrogens with zero attached hydrogens (tertiary/aromatic N) is 1. The number of hydrogen-bond donors (Lipinski definition) is 0. The van der Waals surface area contributed by atoms with E-state index in [0.29, 0.717) is 32.4 Å². The maximum absolute atomic E-state index is 12.9. The Hall–Kier alpha value is -2.80. The molecular formula is C24H18ClNO3S2. The first kappa shape index (κ1) is 21.4. The highest BCUT2D eigenvalue weighted by atomic mass is 35.5. The Bertz CT molecular complexity index is 1160. The van der Waals surface area contributed by atoms with Crippen LogP contribution in [0.4, 0.5) is 5.69 Å². The van der Waals surface area contributed by atoms with Gasteiger partial charge in [-0.15, -0.1) is 0 Å². The Morgan fingerprint density at radius 1 is 1.03 bits per heavy atom. The minimum Gasteiger partial charge on any atom is -0.493 e. The SMILES string of the molecule is COc1cc(C=C2SC(=S)N(c3ccccc3)C2=O)ccc1OCc1ccccc1Cl. The maximum Gasteiger partial charge on any atom is 0.270 e. The van der Waals surface area contributed by atoms with Crippen molar-refractivity contribution >= 4 is 57.6 Å². The van der Waals surface area contributed by atoms with Gasteiger partial charge in [0.2, 0.25) is 0 Å². The Morgan fingerprint density at radius 3 is 2.52 bits per heavy atom. The molecule has 1 aliphatic heterocycles. The quantitative estimate of drug-likeness (QED) is 0.312. The van der Waals surface area contributed by atoms with E-state index in [9.17, 15) is 4.79 Å². The van der Waals surface area contributed by atoms with Crippen LogP contribution < -0.4 is 14.4 Å². The van der Waals surface area contributed by atoms with E-state index in [2.05, 4.69) is 0 Å². The van der Waals surface area contributed by atoms with Gasteiger partial charge in [-0.2, -0.15) is 0 Å². The molecule has 156 valence electrons. The van der Waals surface area contributed by atoms with Gasteiger partial charge in [0.15, 0.2) is 15.8 Å². The van der Waals surface area contributed by atoms with E-state index >= 15 is 0 Å². The monoisotopic (exact) mass is 467 g/mol. The lowest BCUT2D eigenvalue weighted by Crippen LogP contribution is -2.27. The molecule has 0 aliphatic carbocycles. The Morgan fingerprint density at radius 2 is 1.77 bits per heavy atom. The lowest BCUT2D eigenvalue weighted by atomic mass is 10.1. The van der Waals surface area contributed by atoms with Gasteiger partial charge in [-0.3, -0.25) is 9.69 Å². The van der Waals surface area contributed by atoms with E-state index in [-0.39, 0.29) is 5.91 Å². The van der Waals surface area contributed by atoms with E-state index in [1.54, 1.807) is 12.0 Å². The van der Waals surface area contributed by atoms with Gasteiger partial charge >= 0.3 is 0 Å².